The van der Waals surface area contributed by atoms with Crippen molar-refractivity contribution < 1.29 is 9.59 Å². The Balaban J connectivity index is 1.71. The van der Waals surface area contributed by atoms with Gasteiger partial charge in [-0.15, -0.1) is 0 Å². The summed E-state index contributed by atoms with van der Waals surface area (Å²) in [6, 6.07) is 7.20. The highest BCUT2D eigenvalue weighted by atomic mass is 16.2. The molecule has 0 aromatic heterocycles. The van der Waals surface area contributed by atoms with Crippen LogP contribution in [0.2, 0.25) is 0 Å². The molecule has 0 radical (unpaired) electrons. The van der Waals surface area contributed by atoms with Crippen LogP contribution in [0.4, 0.5) is 10.5 Å². The molecule has 0 bridgehead atoms. The molecule has 1 aromatic carbocycles. The Labute approximate surface area is 137 Å². The van der Waals surface area contributed by atoms with E-state index in [2.05, 4.69) is 21.3 Å². The lowest BCUT2D eigenvalue weighted by Crippen LogP contribution is -2.33. The average Bonchev–Trinajstić information content (AvgIpc) is 3.06. The standard InChI is InChI=1S/C17H26N4O2/c1-2-10-19-16(22)13-5-7-15(8-6-13)21-17(23)20-12-9-14-4-3-11-18-14/h5-8,14,18H,2-4,9-12H2,1H3,(H,19,22)(H2,20,21,23)/t14-/m0/s1. The predicted molar refractivity (Wildman–Crippen MR) is 91.7 cm³/mol. The van der Waals surface area contributed by atoms with Crippen LogP contribution in [0.25, 0.3) is 0 Å². The monoisotopic (exact) mass is 318 g/mol. The first-order chi connectivity index (χ1) is 11.2. The van der Waals surface area contributed by atoms with Crippen molar-refractivity contribution in [2.45, 2.75) is 38.6 Å². The van der Waals surface area contributed by atoms with Crippen molar-refractivity contribution in [3.05, 3.63) is 29.8 Å². The van der Waals surface area contributed by atoms with E-state index in [1.54, 1.807) is 24.3 Å². The van der Waals surface area contributed by atoms with Gasteiger partial charge in [-0.3, -0.25) is 4.79 Å². The van der Waals surface area contributed by atoms with Gasteiger partial charge < -0.3 is 21.3 Å². The molecule has 1 aliphatic rings. The number of urea groups is 1. The molecule has 1 heterocycles. The predicted octanol–water partition coefficient (Wildman–Crippen LogP) is 2.09. The van der Waals surface area contributed by atoms with E-state index in [9.17, 15) is 9.59 Å². The fraction of sp³-hybridized carbons (Fsp3) is 0.529. The number of benzene rings is 1. The first kappa shape index (κ1) is 17.3. The zero-order chi connectivity index (χ0) is 16.5. The van der Waals surface area contributed by atoms with Crippen LogP contribution >= 0.6 is 0 Å². The minimum atomic E-state index is -0.216. The number of carbonyl (C=O) groups is 2. The molecule has 1 fully saturated rings. The second-order valence-electron chi connectivity index (χ2n) is 5.80. The lowest BCUT2D eigenvalue weighted by atomic mass is 10.1. The van der Waals surface area contributed by atoms with Gasteiger partial charge in [0, 0.05) is 30.4 Å². The largest absolute Gasteiger partial charge is 0.352 e. The third-order valence-corrected chi connectivity index (χ3v) is 3.88. The fourth-order valence-corrected chi connectivity index (χ4v) is 2.58. The fourth-order valence-electron chi connectivity index (χ4n) is 2.58. The second kappa shape index (κ2) is 9.15. The van der Waals surface area contributed by atoms with Gasteiger partial charge in [-0.25, -0.2) is 4.79 Å². The summed E-state index contributed by atoms with van der Waals surface area (Å²) in [4.78, 5) is 23.6. The van der Waals surface area contributed by atoms with E-state index in [4.69, 9.17) is 0 Å². The van der Waals surface area contributed by atoms with Crippen LogP contribution in [-0.4, -0.2) is 37.6 Å². The molecule has 3 amide bonds. The van der Waals surface area contributed by atoms with Gasteiger partial charge in [0.2, 0.25) is 0 Å². The molecule has 2 rings (SSSR count). The Hall–Kier alpha value is -2.08. The highest BCUT2D eigenvalue weighted by Crippen LogP contribution is 2.10. The average molecular weight is 318 g/mol. The number of carbonyl (C=O) groups excluding carboxylic acids is 2. The number of nitrogens with one attached hydrogen (secondary N) is 4. The molecule has 1 aromatic rings. The molecule has 1 atom stereocenters. The van der Waals surface area contributed by atoms with Gasteiger partial charge in [-0.05, 0) is 56.5 Å². The summed E-state index contributed by atoms with van der Waals surface area (Å²) in [6.07, 6.45) is 4.26. The number of hydrogen-bond acceptors (Lipinski definition) is 3. The lowest BCUT2D eigenvalue weighted by Gasteiger charge is -2.11. The Morgan fingerprint density at radius 1 is 1.17 bits per heavy atom. The van der Waals surface area contributed by atoms with Crippen LogP contribution < -0.4 is 21.3 Å². The van der Waals surface area contributed by atoms with Gasteiger partial charge in [0.25, 0.3) is 5.91 Å². The maximum atomic E-state index is 11.8. The third kappa shape index (κ3) is 5.90. The smallest absolute Gasteiger partial charge is 0.319 e. The van der Waals surface area contributed by atoms with E-state index < -0.39 is 0 Å². The number of amides is 3. The van der Waals surface area contributed by atoms with Gasteiger partial charge in [0.1, 0.15) is 0 Å². The van der Waals surface area contributed by atoms with Crippen molar-refractivity contribution in [2.75, 3.05) is 25.0 Å². The highest BCUT2D eigenvalue weighted by Gasteiger charge is 2.13. The van der Waals surface area contributed by atoms with Crippen molar-refractivity contribution in [1.29, 1.82) is 0 Å². The maximum Gasteiger partial charge on any atom is 0.319 e. The van der Waals surface area contributed by atoms with Gasteiger partial charge >= 0.3 is 6.03 Å². The summed E-state index contributed by atoms with van der Waals surface area (Å²) in [5.41, 5.74) is 1.27. The first-order valence-electron chi connectivity index (χ1n) is 8.35. The SMILES string of the molecule is CCCNC(=O)c1ccc(NC(=O)NCC[C@@H]2CCCN2)cc1. The van der Waals surface area contributed by atoms with Crippen molar-refractivity contribution in [1.82, 2.24) is 16.0 Å². The summed E-state index contributed by atoms with van der Waals surface area (Å²) < 4.78 is 0. The Morgan fingerprint density at radius 3 is 2.61 bits per heavy atom. The highest BCUT2D eigenvalue weighted by molar-refractivity contribution is 5.95. The molecule has 6 heteroatoms. The zero-order valence-electron chi connectivity index (χ0n) is 13.7. The van der Waals surface area contributed by atoms with Crippen molar-refractivity contribution in [3.8, 4) is 0 Å². The molecule has 1 aliphatic heterocycles. The minimum absolute atomic E-state index is 0.0908. The summed E-state index contributed by atoms with van der Waals surface area (Å²) in [7, 11) is 0. The molecule has 126 valence electrons. The van der Waals surface area contributed by atoms with Crippen LogP contribution in [0.15, 0.2) is 24.3 Å². The van der Waals surface area contributed by atoms with Crippen molar-refractivity contribution in [3.63, 3.8) is 0 Å². The van der Waals surface area contributed by atoms with Crippen molar-refractivity contribution >= 4 is 17.6 Å². The van der Waals surface area contributed by atoms with Gasteiger partial charge in [0.05, 0.1) is 0 Å². The number of rotatable bonds is 7. The van der Waals surface area contributed by atoms with Crippen molar-refractivity contribution in [2.24, 2.45) is 0 Å². The molecule has 6 nitrogen and oxygen atoms in total. The summed E-state index contributed by atoms with van der Waals surface area (Å²) in [6.45, 7) is 4.40. The van der Waals surface area contributed by atoms with Gasteiger partial charge in [-0.2, -0.15) is 0 Å². The van der Waals surface area contributed by atoms with E-state index >= 15 is 0 Å². The topological polar surface area (TPSA) is 82.3 Å². The van der Waals surface area contributed by atoms with Crippen LogP contribution in [0.5, 0.6) is 0 Å². The summed E-state index contributed by atoms with van der Waals surface area (Å²) >= 11 is 0. The van der Waals surface area contributed by atoms with Crippen LogP contribution in [0.3, 0.4) is 0 Å². The Kier molecular flexibility index (Phi) is 6.87. The van der Waals surface area contributed by atoms with Crippen LogP contribution in [-0.2, 0) is 0 Å². The first-order valence-corrected chi connectivity index (χ1v) is 8.35. The van der Waals surface area contributed by atoms with Crippen LogP contribution in [0.1, 0.15) is 43.0 Å². The molecule has 0 spiro atoms. The zero-order valence-corrected chi connectivity index (χ0v) is 13.7. The molecule has 23 heavy (non-hydrogen) atoms. The van der Waals surface area contributed by atoms with E-state index in [-0.39, 0.29) is 11.9 Å². The van der Waals surface area contributed by atoms with Gasteiger partial charge in [0.15, 0.2) is 0 Å². The quantitative estimate of drug-likeness (QED) is 0.621. The Bertz CT molecular complexity index is 510. The summed E-state index contributed by atoms with van der Waals surface area (Å²) in [5.74, 6) is -0.0908. The molecule has 0 saturated carbocycles. The molecule has 1 saturated heterocycles. The number of hydrogen-bond donors (Lipinski definition) is 4. The Morgan fingerprint density at radius 2 is 1.96 bits per heavy atom. The minimum Gasteiger partial charge on any atom is -0.352 e. The van der Waals surface area contributed by atoms with Crippen LogP contribution in [0, 0.1) is 0 Å². The summed E-state index contributed by atoms with van der Waals surface area (Å²) in [5, 5.41) is 11.8. The normalized spacial score (nSPS) is 16.8. The lowest BCUT2D eigenvalue weighted by molar-refractivity contribution is 0.0953. The molecule has 0 aliphatic carbocycles. The maximum absolute atomic E-state index is 11.8. The second-order valence-corrected chi connectivity index (χ2v) is 5.80. The third-order valence-electron chi connectivity index (χ3n) is 3.88. The molecule has 0 unspecified atom stereocenters. The van der Waals surface area contributed by atoms with Gasteiger partial charge in [-0.1, -0.05) is 6.92 Å². The number of anilines is 1. The molecule has 4 N–H and O–H groups in total. The van der Waals surface area contributed by atoms with E-state index in [1.807, 2.05) is 6.92 Å². The van der Waals surface area contributed by atoms with E-state index in [0.29, 0.717) is 30.4 Å². The van der Waals surface area contributed by atoms with E-state index in [0.717, 1.165) is 19.4 Å². The van der Waals surface area contributed by atoms with E-state index in [1.165, 1.54) is 12.8 Å². The molecular formula is C17H26N4O2. The molecular weight excluding hydrogens is 292 g/mol.